The fourth-order valence-corrected chi connectivity index (χ4v) is 13.4. The third kappa shape index (κ3) is 6.25. The first-order chi connectivity index (χ1) is 26.8. The third-order valence-corrected chi connectivity index (χ3v) is 17.2. The molecule has 0 aromatic rings. The van der Waals surface area contributed by atoms with Crippen LogP contribution in [0.1, 0.15) is 106 Å². The molecule has 8 N–H and O–H groups in total. The van der Waals surface area contributed by atoms with E-state index in [0.717, 1.165) is 37.7 Å². The number of allylic oxidation sites excluding steroid dienone is 2. The normalized spacial score (nSPS) is 52.6. The summed E-state index contributed by atoms with van der Waals surface area (Å²) in [5.41, 5.74) is -1.81. The van der Waals surface area contributed by atoms with Crippen LogP contribution in [0.2, 0.25) is 0 Å². The van der Waals surface area contributed by atoms with E-state index in [4.69, 9.17) is 18.9 Å². The molecule has 0 spiro atoms. The number of rotatable bonds is 7. The van der Waals surface area contributed by atoms with Crippen molar-refractivity contribution in [3.63, 3.8) is 0 Å². The standard InChI is InChI=1S/C42H62O16/c1-37(2)21-8-11-42(7)31(20(43)16-18-19-17-39(4,36(53)54)13-12-38(19,3)14-15-41(18,42)6)40(21,5)10-9-22(37)55-35-30(26(47)25(46)29(57-35)33(51)52)58-34-27(48)23(44)24(45)28(56-34)32(49)50/h16,19,21-31,34-35,44-48H,8-15,17H2,1-7H3,(H,49,50)(H,51,52)(H,53,54)/t19-,21+,22-,23+,24+,25-,26-,27-,28+,29-,30+,31-,34+,35-,38+,39-,40-,41+,42+/m0/s1. The Kier molecular flexibility index (Phi) is 10.7. The van der Waals surface area contributed by atoms with E-state index in [1.807, 2.05) is 26.8 Å². The number of carboxylic acids is 3. The number of aliphatic carboxylic acids is 3. The number of aliphatic hydroxyl groups is 5. The molecule has 2 heterocycles. The van der Waals surface area contributed by atoms with Gasteiger partial charge in [-0.25, -0.2) is 9.59 Å². The van der Waals surface area contributed by atoms with Crippen molar-refractivity contribution in [2.24, 2.45) is 50.2 Å². The van der Waals surface area contributed by atoms with Gasteiger partial charge in [-0.15, -0.1) is 0 Å². The number of hydrogen-bond donors (Lipinski definition) is 8. The molecule has 0 amide bonds. The number of ether oxygens (including phenoxy) is 4. The van der Waals surface area contributed by atoms with Crippen LogP contribution < -0.4 is 0 Å². The topological polar surface area (TPSA) is 267 Å². The number of carboxylic acid groups (broad SMARTS) is 3. The Labute approximate surface area is 337 Å². The van der Waals surface area contributed by atoms with Crippen LogP contribution in [0, 0.1) is 50.2 Å². The molecule has 0 unspecified atom stereocenters. The molecule has 5 aliphatic carbocycles. The Morgan fingerprint density at radius 3 is 1.88 bits per heavy atom. The van der Waals surface area contributed by atoms with Crippen molar-refractivity contribution in [1.29, 1.82) is 0 Å². The van der Waals surface area contributed by atoms with Crippen molar-refractivity contribution < 1.29 is 79.0 Å². The van der Waals surface area contributed by atoms with Crippen LogP contribution in [-0.2, 0) is 38.1 Å². The van der Waals surface area contributed by atoms with Gasteiger partial charge in [-0.2, -0.15) is 0 Å². The van der Waals surface area contributed by atoms with Crippen molar-refractivity contribution >= 4 is 23.7 Å². The Morgan fingerprint density at radius 2 is 1.28 bits per heavy atom. The molecular formula is C42H62O16. The van der Waals surface area contributed by atoms with Gasteiger partial charge in [0.2, 0.25) is 0 Å². The van der Waals surface area contributed by atoms with Gasteiger partial charge in [0.15, 0.2) is 30.6 Å². The van der Waals surface area contributed by atoms with Crippen LogP contribution in [-0.4, -0.2) is 132 Å². The van der Waals surface area contributed by atoms with Gasteiger partial charge in [0.1, 0.15) is 36.6 Å². The fraction of sp³-hybridized carbons (Fsp3) is 0.857. The fourth-order valence-electron chi connectivity index (χ4n) is 13.4. The maximum absolute atomic E-state index is 14.8. The molecule has 0 radical (unpaired) electrons. The zero-order valence-electron chi connectivity index (χ0n) is 34.4. The van der Waals surface area contributed by atoms with Crippen LogP contribution in [0.3, 0.4) is 0 Å². The van der Waals surface area contributed by atoms with Gasteiger partial charge in [0.25, 0.3) is 0 Å². The molecule has 19 atom stereocenters. The van der Waals surface area contributed by atoms with E-state index in [-0.39, 0.29) is 34.4 Å². The van der Waals surface area contributed by atoms with Gasteiger partial charge in [0.05, 0.1) is 11.5 Å². The van der Waals surface area contributed by atoms with E-state index in [1.54, 1.807) is 0 Å². The second kappa shape index (κ2) is 14.3. The van der Waals surface area contributed by atoms with E-state index in [1.165, 1.54) is 0 Å². The highest BCUT2D eigenvalue weighted by molar-refractivity contribution is 5.95. The summed E-state index contributed by atoms with van der Waals surface area (Å²) in [5, 5.41) is 83.0. The molecule has 0 aromatic carbocycles. The van der Waals surface area contributed by atoms with Crippen LogP contribution in [0.25, 0.3) is 0 Å². The largest absolute Gasteiger partial charge is 0.481 e. The quantitative estimate of drug-likeness (QED) is 0.171. The Morgan fingerprint density at radius 1 is 0.690 bits per heavy atom. The van der Waals surface area contributed by atoms with E-state index < -0.39 is 107 Å². The molecule has 6 fully saturated rings. The van der Waals surface area contributed by atoms with Crippen molar-refractivity contribution in [3.05, 3.63) is 11.6 Å². The maximum Gasteiger partial charge on any atom is 0.335 e. The lowest BCUT2D eigenvalue weighted by Crippen LogP contribution is -2.68. The number of aliphatic hydroxyl groups excluding tert-OH is 5. The van der Waals surface area contributed by atoms with Crippen molar-refractivity contribution in [2.75, 3.05) is 0 Å². The van der Waals surface area contributed by atoms with Crippen LogP contribution >= 0.6 is 0 Å². The summed E-state index contributed by atoms with van der Waals surface area (Å²) in [6.45, 7) is 14.8. The number of hydrogen-bond acceptors (Lipinski definition) is 13. The summed E-state index contributed by atoms with van der Waals surface area (Å²) >= 11 is 0. The Bertz CT molecular complexity index is 1730. The molecule has 16 nitrogen and oxygen atoms in total. The van der Waals surface area contributed by atoms with E-state index in [9.17, 15) is 60.0 Å². The van der Waals surface area contributed by atoms with Gasteiger partial charge in [-0.3, -0.25) is 9.59 Å². The van der Waals surface area contributed by atoms with Crippen LogP contribution in [0.4, 0.5) is 0 Å². The van der Waals surface area contributed by atoms with Crippen molar-refractivity contribution in [2.45, 2.75) is 174 Å². The van der Waals surface area contributed by atoms with E-state index in [0.29, 0.717) is 25.7 Å². The lowest BCUT2D eigenvalue weighted by molar-refractivity contribution is -0.371. The smallest absolute Gasteiger partial charge is 0.335 e. The highest BCUT2D eigenvalue weighted by atomic mass is 16.8. The SMILES string of the molecule is CC1(C)[C@@H](O[C@H]2O[C@H](C(=O)O)[C@@H](O)[C@H](O)[C@H]2O[C@H]2O[C@@H](C(=O)O)[C@H](O)[C@@H](O)[C@@H]2O)CC[C@@]2(C)[C@@H]1CC[C@]1(C)[C@H]2C(=O)C=C2[C@@H]3C[C@@](C)(C(=O)O)CC[C@]3(C)CC[C@]21C. The van der Waals surface area contributed by atoms with Crippen molar-refractivity contribution in [1.82, 2.24) is 0 Å². The Hall–Kier alpha value is -2.54. The molecule has 326 valence electrons. The average molecular weight is 823 g/mol. The van der Waals surface area contributed by atoms with Crippen LogP contribution in [0.5, 0.6) is 0 Å². The first-order valence-corrected chi connectivity index (χ1v) is 20.7. The predicted octanol–water partition coefficient (Wildman–Crippen LogP) is 2.25. The van der Waals surface area contributed by atoms with Gasteiger partial charge < -0.3 is 59.8 Å². The molecule has 7 aliphatic rings. The summed E-state index contributed by atoms with van der Waals surface area (Å²) in [6, 6.07) is 0. The minimum absolute atomic E-state index is 0.0217. The van der Waals surface area contributed by atoms with Gasteiger partial charge >= 0.3 is 17.9 Å². The van der Waals surface area contributed by atoms with E-state index in [2.05, 4.69) is 27.7 Å². The minimum Gasteiger partial charge on any atom is -0.481 e. The number of ketones is 1. The van der Waals surface area contributed by atoms with Gasteiger partial charge in [-0.05, 0) is 110 Å². The van der Waals surface area contributed by atoms with Crippen LogP contribution in [0.15, 0.2) is 11.6 Å². The van der Waals surface area contributed by atoms with Crippen molar-refractivity contribution in [3.8, 4) is 0 Å². The summed E-state index contributed by atoms with van der Waals surface area (Å²) in [6.07, 6.45) is -12.2. The molecular weight excluding hydrogens is 760 g/mol. The van der Waals surface area contributed by atoms with E-state index >= 15 is 0 Å². The highest BCUT2D eigenvalue weighted by Crippen LogP contribution is 2.75. The number of carbonyl (C=O) groups excluding carboxylic acids is 1. The lowest BCUT2D eigenvalue weighted by Gasteiger charge is -2.70. The first kappa shape index (κ1) is 43.5. The monoisotopic (exact) mass is 822 g/mol. The second-order valence-corrected chi connectivity index (χ2v) is 20.6. The lowest BCUT2D eigenvalue weighted by atomic mass is 9.33. The highest BCUT2D eigenvalue weighted by Gasteiger charge is 2.71. The molecule has 0 bridgehead atoms. The molecule has 4 saturated carbocycles. The zero-order chi connectivity index (χ0) is 42.9. The molecule has 2 aliphatic heterocycles. The molecule has 58 heavy (non-hydrogen) atoms. The maximum atomic E-state index is 14.8. The second-order valence-electron chi connectivity index (χ2n) is 20.6. The average Bonchev–Trinajstić information content (AvgIpc) is 3.13. The number of fused-ring (bicyclic) bond motifs is 7. The first-order valence-electron chi connectivity index (χ1n) is 20.7. The summed E-state index contributed by atoms with van der Waals surface area (Å²) in [5.74, 6) is -4.47. The van der Waals surface area contributed by atoms with Gasteiger partial charge in [-0.1, -0.05) is 47.1 Å². The third-order valence-electron chi connectivity index (χ3n) is 17.2. The molecule has 2 saturated heterocycles. The number of carbonyl (C=O) groups is 4. The predicted molar refractivity (Wildman–Crippen MR) is 199 cm³/mol. The zero-order valence-corrected chi connectivity index (χ0v) is 34.4. The molecule has 16 heteroatoms. The summed E-state index contributed by atoms with van der Waals surface area (Å²) in [7, 11) is 0. The minimum atomic E-state index is -2.05. The summed E-state index contributed by atoms with van der Waals surface area (Å²) in [4.78, 5) is 51.3. The van der Waals surface area contributed by atoms with Gasteiger partial charge in [0, 0.05) is 5.92 Å². The Balaban J connectivity index is 1.17. The summed E-state index contributed by atoms with van der Waals surface area (Å²) < 4.78 is 23.4. The molecule has 7 rings (SSSR count). The molecule has 0 aromatic heterocycles.